The van der Waals surface area contributed by atoms with Crippen LogP contribution in [0.5, 0.6) is 0 Å². The average molecular weight is 221 g/mol. The molecule has 2 nitrogen and oxygen atoms in total. The molecule has 0 amide bonds. The predicted molar refractivity (Wildman–Crippen MR) is 70.1 cm³/mol. The molecule has 1 aromatic rings. The molecule has 0 unspecified atom stereocenters. The number of anilines is 1. The Bertz CT molecular complexity index is 358. The van der Waals surface area contributed by atoms with E-state index in [9.17, 15) is 5.11 Å². The van der Waals surface area contributed by atoms with Gasteiger partial charge >= 0.3 is 0 Å². The van der Waals surface area contributed by atoms with Gasteiger partial charge in [0.15, 0.2) is 0 Å². The fourth-order valence-electron chi connectivity index (χ4n) is 1.91. The van der Waals surface area contributed by atoms with E-state index in [1.165, 1.54) is 16.8 Å². The van der Waals surface area contributed by atoms with Crippen molar-refractivity contribution in [3.8, 4) is 0 Å². The molecule has 0 atom stereocenters. The number of aliphatic hydroxyl groups is 1. The van der Waals surface area contributed by atoms with Crippen LogP contribution in [0.4, 0.5) is 5.69 Å². The van der Waals surface area contributed by atoms with E-state index < -0.39 is 0 Å². The van der Waals surface area contributed by atoms with E-state index >= 15 is 0 Å². The lowest BCUT2D eigenvalue weighted by atomic mass is 9.94. The minimum absolute atomic E-state index is 0.0645. The van der Waals surface area contributed by atoms with Gasteiger partial charge < -0.3 is 10.0 Å². The van der Waals surface area contributed by atoms with Crippen molar-refractivity contribution in [2.75, 3.05) is 25.1 Å². The molecule has 90 valence electrons. The largest absolute Gasteiger partial charge is 0.396 e. The standard InChI is InChI=1S/C14H23NO/c1-11-6-7-12(2)13(8-11)15(5)9-14(3,4)10-16/h6-8,16H,9-10H2,1-5H3. The summed E-state index contributed by atoms with van der Waals surface area (Å²) in [5.74, 6) is 0. The molecule has 0 aromatic heterocycles. The summed E-state index contributed by atoms with van der Waals surface area (Å²) in [6.07, 6.45) is 0. The topological polar surface area (TPSA) is 23.5 Å². The number of aliphatic hydroxyl groups excluding tert-OH is 1. The third-order valence-electron chi connectivity index (χ3n) is 2.87. The second kappa shape index (κ2) is 4.88. The van der Waals surface area contributed by atoms with Crippen molar-refractivity contribution in [2.45, 2.75) is 27.7 Å². The van der Waals surface area contributed by atoms with Gasteiger partial charge in [-0.15, -0.1) is 0 Å². The maximum atomic E-state index is 9.29. The van der Waals surface area contributed by atoms with Crippen LogP contribution in [0.3, 0.4) is 0 Å². The first kappa shape index (κ1) is 13.0. The summed E-state index contributed by atoms with van der Waals surface area (Å²) in [7, 11) is 2.08. The van der Waals surface area contributed by atoms with Crippen LogP contribution < -0.4 is 4.90 Å². The van der Waals surface area contributed by atoms with Gasteiger partial charge in [0.1, 0.15) is 0 Å². The second-order valence-electron chi connectivity index (χ2n) is 5.47. The van der Waals surface area contributed by atoms with E-state index in [0.717, 1.165) is 6.54 Å². The highest BCUT2D eigenvalue weighted by molar-refractivity contribution is 5.54. The summed E-state index contributed by atoms with van der Waals surface area (Å²) < 4.78 is 0. The van der Waals surface area contributed by atoms with E-state index in [1.807, 2.05) is 0 Å². The smallest absolute Gasteiger partial charge is 0.0499 e. The summed E-state index contributed by atoms with van der Waals surface area (Å²) >= 11 is 0. The van der Waals surface area contributed by atoms with Gasteiger partial charge in [0.05, 0.1) is 0 Å². The molecule has 0 aliphatic rings. The third kappa shape index (κ3) is 3.24. The Morgan fingerprint density at radius 2 is 1.88 bits per heavy atom. The molecule has 0 fully saturated rings. The molecule has 0 spiro atoms. The lowest BCUT2D eigenvalue weighted by Gasteiger charge is -2.31. The van der Waals surface area contributed by atoms with E-state index in [1.54, 1.807) is 0 Å². The summed E-state index contributed by atoms with van der Waals surface area (Å²) in [5.41, 5.74) is 3.74. The lowest BCUT2D eigenvalue weighted by Crippen LogP contribution is -2.34. The maximum absolute atomic E-state index is 9.29. The van der Waals surface area contributed by atoms with Gasteiger partial charge in [-0.3, -0.25) is 0 Å². The summed E-state index contributed by atoms with van der Waals surface area (Å²) in [6, 6.07) is 6.47. The number of hydrogen-bond donors (Lipinski definition) is 1. The zero-order valence-electron chi connectivity index (χ0n) is 11.0. The lowest BCUT2D eigenvalue weighted by molar-refractivity contribution is 0.165. The number of hydrogen-bond acceptors (Lipinski definition) is 2. The van der Waals surface area contributed by atoms with Gasteiger partial charge in [0.2, 0.25) is 0 Å². The zero-order valence-corrected chi connectivity index (χ0v) is 11.0. The highest BCUT2D eigenvalue weighted by Crippen LogP contribution is 2.24. The van der Waals surface area contributed by atoms with Crippen LogP contribution in [0.1, 0.15) is 25.0 Å². The van der Waals surface area contributed by atoms with Crippen LogP contribution in [0, 0.1) is 19.3 Å². The number of benzene rings is 1. The molecule has 0 radical (unpaired) electrons. The molecule has 0 heterocycles. The zero-order chi connectivity index (χ0) is 12.3. The summed E-state index contributed by atoms with van der Waals surface area (Å²) in [4.78, 5) is 2.22. The number of nitrogens with zero attached hydrogens (tertiary/aromatic N) is 1. The molecule has 1 rings (SSSR count). The number of aryl methyl sites for hydroxylation is 2. The van der Waals surface area contributed by atoms with Crippen molar-refractivity contribution in [3.63, 3.8) is 0 Å². The van der Waals surface area contributed by atoms with Crippen LogP contribution in [0.15, 0.2) is 18.2 Å². The molecule has 0 bridgehead atoms. The van der Waals surface area contributed by atoms with Crippen LogP contribution in [0.2, 0.25) is 0 Å². The van der Waals surface area contributed by atoms with Crippen molar-refractivity contribution in [3.05, 3.63) is 29.3 Å². The van der Waals surface area contributed by atoms with Crippen LogP contribution in [-0.4, -0.2) is 25.3 Å². The van der Waals surface area contributed by atoms with Crippen LogP contribution in [0.25, 0.3) is 0 Å². The molecule has 0 aliphatic carbocycles. The van der Waals surface area contributed by atoms with Gasteiger partial charge in [-0.2, -0.15) is 0 Å². The summed E-state index contributed by atoms with van der Waals surface area (Å²) in [6.45, 7) is 9.45. The molecule has 2 heteroatoms. The SMILES string of the molecule is Cc1ccc(C)c(N(C)CC(C)(C)CO)c1. The predicted octanol–water partition coefficient (Wildman–Crippen LogP) is 2.76. The van der Waals surface area contributed by atoms with Gasteiger partial charge in [-0.25, -0.2) is 0 Å². The van der Waals surface area contributed by atoms with Gasteiger partial charge in [0.25, 0.3) is 0 Å². The van der Waals surface area contributed by atoms with Crippen LogP contribution in [-0.2, 0) is 0 Å². The van der Waals surface area contributed by atoms with E-state index in [-0.39, 0.29) is 12.0 Å². The Hall–Kier alpha value is -1.02. The summed E-state index contributed by atoms with van der Waals surface area (Å²) in [5, 5.41) is 9.29. The molecule has 1 N–H and O–H groups in total. The molecule has 0 saturated heterocycles. The Morgan fingerprint density at radius 3 is 2.44 bits per heavy atom. The van der Waals surface area contributed by atoms with E-state index in [2.05, 4.69) is 57.8 Å². The highest BCUT2D eigenvalue weighted by atomic mass is 16.3. The van der Waals surface area contributed by atoms with Crippen molar-refractivity contribution in [2.24, 2.45) is 5.41 Å². The highest BCUT2D eigenvalue weighted by Gasteiger charge is 2.19. The first-order valence-electron chi connectivity index (χ1n) is 5.75. The number of rotatable bonds is 4. The van der Waals surface area contributed by atoms with E-state index in [0.29, 0.717) is 0 Å². The van der Waals surface area contributed by atoms with Gasteiger partial charge in [0, 0.05) is 31.3 Å². The molecule has 0 aliphatic heterocycles. The molecule has 0 saturated carbocycles. The Balaban J connectivity index is 2.88. The Labute approximate surface area is 98.9 Å². The maximum Gasteiger partial charge on any atom is 0.0499 e. The molecular formula is C14H23NO. The average Bonchev–Trinajstić information content (AvgIpc) is 2.21. The fourth-order valence-corrected chi connectivity index (χ4v) is 1.91. The third-order valence-corrected chi connectivity index (χ3v) is 2.87. The van der Waals surface area contributed by atoms with Crippen molar-refractivity contribution in [1.29, 1.82) is 0 Å². The minimum atomic E-state index is -0.0645. The molecular weight excluding hydrogens is 198 g/mol. The first-order chi connectivity index (χ1) is 7.35. The first-order valence-corrected chi connectivity index (χ1v) is 5.75. The monoisotopic (exact) mass is 221 g/mol. The van der Waals surface area contributed by atoms with Gasteiger partial charge in [-0.05, 0) is 31.0 Å². The quantitative estimate of drug-likeness (QED) is 0.845. The van der Waals surface area contributed by atoms with Crippen molar-refractivity contribution in [1.82, 2.24) is 0 Å². The second-order valence-corrected chi connectivity index (χ2v) is 5.47. The fraction of sp³-hybridized carbons (Fsp3) is 0.571. The van der Waals surface area contributed by atoms with E-state index in [4.69, 9.17) is 0 Å². The van der Waals surface area contributed by atoms with Crippen LogP contribution >= 0.6 is 0 Å². The normalized spacial score (nSPS) is 11.6. The molecule has 1 aromatic carbocycles. The van der Waals surface area contributed by atoms with Gasteiger partial charge in [-0.1, -0.05) is 26.0 Å². The Kier molecular flexibility index (Phi) is 3.98. The van der Waals surface area contributed by atoms with Crippen molar-refractivity contribution >= 4 is 5.69 Å². The van der Waals surface area contributed by atoms with Crippen molar-refractivity contribution < 1.29 is 5.11 Å². The Morgan fingerprint density at radius 1 is 1.25 bits per heavy atom. The molecule has 16 heavy (non-hydrogen) atoms. The minimum Gasteiger partial charge on any atom is -0.396 e.